The zero-order valence-electron chi connectivity index (χ0n) is 20.4. The molecule has 1 saturated carbocycles. The summed E-state index contributed by atoms with van der Waals surface area (Å²) < 4.78 is 46.1. The number of methoxy groups -OCH3 is 1. The third kappa shape index (κ3) is 9.19. The maximum atomic E-state index is 15.2. The Morgan fingerprint density at radius 3 is 2.76 bits per heavy atom. The molecule has 6 nitrogen and oxygen atoms in total. The average molecular weight is 487 g/mol. The van der Waals surface area contributed by atoms with E-state index in [-0.39, 0.29) is 24.6 Å². The van der Waals surface area contributed by atoms with Crippen LogP contribution in [0, 0.1) is 11.8 Å². The van der Waals surface area contributed by atoms with E-state index in [9.17, 15) is 14.7 Å². The van der Waals surface area contributed by atoms with Crippen LogP contribution in [-0.2, 0) is 23.8 Å². The van der Waals surface area contributed by atoms with Gasteiger partial charge >= 0.3 is 5.97 Å². The van der Waals surface area contributed by atoms with Gasteiger partial charge in [-0.15, -0.1) is 0 Å². The predicted octanol–water partition coefficient (Wildman–Crippen LogP) is 5.14. The zero-order chi connectivity index (χ0) is 25.0. The molecule has 2 fully saturated rings. The number of hydrogen-bond donors (Lipinski definition) is 1. The van der Waals surface area contributed by atoms with Crippen molar-refractivity contribution in [2.45, 2.75) is 102 Å². The molecular weight excluding hydrogens is 446 g/mol. The summed E-state index contributed by atoms with van der Waals surface area (Å²) in [6.45, 7) is 2.45. The number of aliphatic hydroxyl groups is 1. The van der Waals surface area contributed by atoms with Crippen LogP contribution in [-0.4, -0.2) is 55.0 Å². The lowest BCUT2D eigenvalue weighted by Gasteiger charge is -2.31. The number of carbonyl (C=O) groups is 2. The lowest BCUT2D eigenvalue weighted by Crippen LogP contribution is -2.39. The zero-order valence-corrected chi connectivity index (χ0v) is 20.4. The number of halogens is 2. The van der Waals surface area contributed by atoms with Crippen molar-refractivity contribution in [2.75, 3.05) is 13.7 Å². The van der Waals surface area contributed by atoms with E-state index in [4.69, 9.17) is 9.47 Å². The lowest BCUT2D eigenvalue weighted by atomic mass is 9.89. The molecule has 1 aliphatic heterocycles. The number of esters is 1. The topological polar surface area (TPSA) is 82.1 Å². The molecule has 0 spiro atoms. The fourth-order valence-corrected chi connectivity index (χ4v) is 4.44. The van der Waals surface area contributed by atoms with Gasteiger partial charge in [-0.05, 0) is 51.0 Å². The second kappa shape index (κ2) is 14.7. The van der Waals surface area contributed by atoms with Gasteiger partial charge in [0.15, 0.2) is 6.29 Å². The Morgan fingerprint density at radius 2 is 2.09 bits per heavy atom. The second-order valence-electron chi connectivity index (χ2n) is 9.20. The van der Waals surface area contributed by atoms with Gasteiger partial charge in [0.1, 0.15) is 11.9 Å². The van der Waals surface area contributed by atoms with Crippen LogP contribution in [0.15, 0.2) is 24.3 Å². The molecule has 2 aliphatic rings. The van der Waals surface area contributed by atoms with E-state index in [2.05, 4.69) is 4.74 Å². The minimum atomic E-state index is -3.25. The van der Waals surface area contributed by atoms with Crippen LogP contribution >= 0.6 is 0 Å². The Bertz CT molecular complexity index is 687. The molecule has 0 bridgehead atoms. The van der Waals surface area contributed by atoms with Crippen molar-refractivity contribution in [3.8, 4) is 0 Å². The number of alkyl halides is 2. The van der Waals surface area contributed by atoms with Gasteiger partial charge in [0.05, 0.1) is 13.2 Å². The van der Waals surface area contributed by atoms with E-state index in [0.29, 0.717) is 45.1 Å². The Kier molecular flexibility index (Phi) is 12.4. The third-order valence-corrected chi connectivity index (χ3v) is 6.52. The molecule has 0 radical (unpaired) electrons. The number of hydrogen-bond acceptors (Lipinski definition) is 6. The number of allylic oxidation sites excluding steroid dienone is 3. The number of carbonyl (C=O) groups excluding carboxylic acids is 2. The van der Waals surface area contributed by atoms with Crippen molar-refractivity contribution in [3.05, 3.63) is 24.3 Å². The maximum absolute atomic E-state index is 15.2. The van der Waals surface area contributed by atoms with Crippen LogP contribution in [0.3, 0.4) is 0 Å². The standard InChI is InChI=1S/C26H40F2O6/c1-3-4-12-23(34-25-14-9-10-17-33-25)26(27,28)16-15-20-19(21(29)18-22(20)30)11-7-5-6-8-13-24(31)32-2/h5,7,15-16,19-21,23,25,29H,3-4,6,8-14,17-18H2,1-2H3/t19-,20-,21+,23?,25?/m1/s1. The molecule has 0 aromatic carbocycles. The van der Waals surface area contributed by atoms with Crippen LogP contribution in [0.2, 0.25) is 0 Å². The molecule has 5 atom stereocenters. The molecule has 0 amide bonds. The highest BCUT2D eigenvalue weighted by molar-refractivity contribution is 5.86. The SMILES string of the molecule is CCCCC(OC1CCCCO1)C(F)(F)C=C[C@H]1C(=O)C[C@H](O)[C@@H]1CC=CCCCC(=O)OC. The first kappa shape index (κ1) is 28.6. The minimum absolute atomic E-state index is 0.0346. The molecule has 34 heavy (non-hydrogen) atoms. The van der Waals surface area contributed by atoms with Gasteiger partial charge in [0.25, 0.3) is 5.92 Å². The van der Waals surface area contributed by atoms with Gasteiger partial charge in [-0.25, -0.2) is 0 Å². The summed E-state index contributed by atoms with van der Waals surface area (Å²) in [6.07, 6.45) is 8.92. The van der Waals surface area contributed by atoms with Crippen molar-refractivity contribution in [1.82, 2.24) is 0 Å². The highest BCUT2D eigenvalue weighted by Gasteiger charge is 2.43. The molecule has 1 N–H and O–H groups in total. The number of aliphatic hydroxyl groups excluding tert-OH is 1. The molecule has 2 rings (SSSR count). The fraction of sp³-hybridized carbons (Fsp3) is 0.769. The third-order valence-electron chi connectivity index (χ3n) is 6.52. The highest BCUT2D eigenvalue weighted by Crippen LogP contribution is 2.36. The molecule has 0 aromatic rings. The van der Waals surface area contributed by atoms with Crippen LogP contribution in [0.4, 0.5) is 8.78 Å². The van der Waals surface area contributed by atoms with Gasteiger partial charge in [0, 0.05) is 31.3 Å². The Hall–Kier alpha value is -1.64. The molecule has 1 heterocycles. The number of unbranched alkanes of at least 4 members (excludes halogenated alkanes) is 2. The first-order valence-electron chi connectivity index (χ1n) is 12.5. The molecule has 8 heteroatoms. The van der Waals surface area contributed by atoms with E-state index in [1.165, 1.54) is 13.2 Å². The van der Waals surface area contributed by atoms with Crippen LogP contribution in [0.25, 0.3) is 0 Å². The quantitative estimate of drug-likeness (QED) is 0.208. The van der Waals surface area contributed by atoms with Gasteiger partial charge < -0.3 is 19.3 Å². The Balaban J connectivity index is 1.99. The normalized spacial score (nSPS) is 27.0. The molecule has 194 valence electrons. The van der Waals surface area contributed by atoms with Crippen LogP contribution in [0.1, 0.15) is 77.6 Å². The minimum Gasteiger partial charge on any atom is -0.469 e. The molecular formula is C26H40F2O6. The summed E-state index contributed by atoms with van der Waals surface area (Å²) in [4.78, 5) is 23.6. The van der Waals surface area contributed by atoms with E-state index < -0.39 is 36.3 Å². The lowest BCUT2D eigenvalue weighted by molar-refractivity contribution is -0.229. The predicted molar refractivity (Wildman–Crippen MR) is 124 cm³/mol. The number of Topliss-reactive ketones (excluding diaryl/α,β-unsaturated/α-hetero) is 1. The number of ether oxygens (including phenoxy) is 3. The monoisotopic (exact) mass is 486 g/mol. The number of ketones is 1. The number of rotatable bonds is 14. The van der Waals surface area contributed by atoms with E-state index >= 15 is 8.78 Å². The van der Waals surface area contributed by atoms with Crippen molar-refractivity contribution >= 4 is 11.8 Å². The van der Waals surface area contributed by atoms with Crippen molar-refractivity contribution in [2.24, 2.45) is 11.8 Å². The van der Waals surface area contributed by atoms with Crippen molar-refractivity contribution in [1.29, 1.82) is 0 Å². The van der Waals surface area contributed by atoms with Crippen LogP contribution in [0.5, 0.6) is 0 Å². The second-order valence-corrected chi connectivity index (χ2v) is 9.20. The first-order chi connectivity index (χ1) is 16.3. The first-order valence-corrected chi connectivity index (χ1v) is 12.5. The summed E-state index contributed by atoms with van der Waals surface area (Å²) in [5.41, 5.74) is 0. The fourth-order valence-electron chi connectivity index (χ4n) is 4.44. The highest BCUT2D eigenvalue weighted by atomic mass is 19.3. The van der Waals surface area contributed by atoms with E-state index in [1.54, 1.807) is 0 Å². The summed E-state index contributed by atoms with van der Waals surface area (Å²) >= 11 is 0. The maximum Gasteiger partial charge on any atom is 0.305 e. The van der Waals surface area contributed by atoms with Gasteiger partial charge in [-0.3, -0.25) is 9.59 Å². The average Bonchev–Trinajstić information content (AvgIpc) is 3.09. The molecule has 1 saturated heterocycles. The van der Waals surface area contributed by atoms with E-state index in [1.807, 2.05) is 19.1 Å². The van der Waals surface area contributed by atoms with Gasteiger partial charge in [-0.2, -0.15) is 8.78 Å². The molecule has 1 aliphatic carbocycles. The summed E-state index contributed by atoms with van der Waals surface area (Å²) in [7, 11) is 1.34. The molecule has 2 unspecified atom stereocenters. The van der Waals surface area contributed by atoms with Crippen LogP contribution < -0.4 is 0 Å². The largest absolute Gasteiger partial charge is 0.469 e. The summed E-state index contributed by atoms with van der Waals surface area (Å²) in [6, 6.07) is 0. The van der Waals surface area contributed by atoms with Gasteiger partial charge in [0.2, 0.25) is 0 Å². The molecule has 0 aromatic heterocycles. The van der Waals surface area contributed by atoms with Crippen molar-refractivity contribution < 1.29 is 37.7 Å². The van der Waals surface area contributed by atoms with Gasteiger partial charge in [-0.1, -0.05) is 38.0 Å². The Morgan fingerprint density at radius 1 is 1.29 bits per heavy atom. The summed E-state index contributed by atoms with van der Waals surface area (Å²) in [5, 5.41) is 10.3. The summed E-state index contributed by atoms with van der Waals surface area (Å²) in [5.74, 6) is -4.97. The Labute approximate surface area is 201 Å². The smallest absolute Gasteiger partial charge is 0.305 e. The van der Waals surface area contributed by atoms with E-state index in [0.717, 1.165) is 25.3 Å². The van der Waals surface area contributed by atoms with Crippen molar-refractivity contribution in [3.63, 3.8) is 0 Å².